The normalized spacial score (nSPS) is 11.0. The molecule has 24 heavy (non-hydrogen) atoms. The molecule has 0 aliphatic rings. The van der Waals surface area contributed by atoms with Gasteiger partial charge in [0.15, 0.2) is 0 Å². The van der Waals surface area contributed by atoms with Crippen LogP contribution in [0.25, 0.3) is 0 Å². The van der Waals surface area contributed by atoms with E-state index in [1.807, 2.05) is 0 Å². The third-order valence-electron chi connectivity index (χ3n) is 4.65. The summed E-state index contributed by atoms with van der Waals surface area (Å²) in [7, 11) is -1.59. The topological polar surface area (TPSA) is 0 Å². The first kappa shape index (κ1) is 18.7. The summed E-state index contributed by atoms with van der Waals surface area (Å²) in [6.45, 7) is 8.89. The zero-order chi connectivity index (χ0) is 16.4. The molecule has 0 amide bonds. The van der Waals surface area contributed by atoms with E-state index in [1.54, 1.807) is 0 Å². The van der Waals surface area contributed by atoms with Crippen LogP contribution >= 0.6 is 7.26 Å². The van der Waals surface area contributed by atoms with Crippen LogP contribution in [0.1, 0.15) is 16.7 Å². The lowest BCUT2D eigenvalue weighted by atomic mass is 10.2. The minimum atomic E-state index is -1.59. The SMILES string of the molecule is Cc1ccc([P+](C)(c2ccc(C)cc2)c2ccc(C)cc2)cc1.[Cl-]. The molecule has 0 fully saturated rings. The fourth-order valence-electron chi connectivity index (χ4n) is 2.98. The van der Waals surface area contributed by atoms with Crippen LogP contribution in [0.3, 0.4) is 0 Å². The van der Waals surface area contributed by atoms with Gasteiger partial charge in [0, 0.05) is 0 Å². The largest absolute Gasteiger partial charge is 1.00 e. The summed E-state index contributed by atoms with van der Waals surface area (Å²) < 4.78 is 0. The number of halogens is 1. The average Bonchev–Trinajstić information content (AvgIpc) is 2.56. The third-order valence-corrected chi connectivity index (χ3v) is 8.64. The van der Waals surface area contributed by atoms with Crippen molar-refractivity contribution in [3.05, 3.63) is 89.5 Å². The lowest BCUT2D eigenvalue weighted by Crippen LogP contribution is -3.00. The maximum atomic E-state index is 2.44. The summed E-state index contributed by atoms with van der Waals surface area (Å²) >= 11 is 0. The van der Waals surface area contributed by atoms with E-state index in [9.17, 15) is 0 Å². The minimum Gasteiger partial charge on any atom is -1.00 e. The fraction of sp³-hybridized carbons (Fsp3) is 0.182. The number of aryl methyl sites for hydroxylation is 3. The van der Waals surface area contributed by atoms with Gasteiger partial charge < -0.3 is 12.4 Å². The molecule has 3 aromatic rings. The third kappa shape index (κ3) is 3.56. The zero-order valence-electron chi connectivity index (χ0n) is 14.8. The van der Waals surface area contributed by atoms with E-state index >= 15 is 0 Å². The lowest BCUT2D eigenvalue weighted by molar-refractivity contribution is -0.00000479. The van der Waals surface area contributed by atoms with Gasteiger partial charge in [0.2, 0.25) is 0 Å². The molecule has 2 heteroatoms. The van der Waals surface area contributed by atoms with Gasteiger partial charge >= 0.3 is 0 Å². The van der Waals surface area contributed by atoms with Crippen molar-refractivity contribution < 1.29 is 12.4 Å². The molecule has 0 radical (unpaired) electrons. The van der Waals surface area contributed by atoms with Gasteiger partial charge in [-0.15, -0.1) is 0 Å². The van der Waals surface area contributed by atoms with Gasteiger partial charge in [-0.25, -0.2) is 0 Å². The van der Waals surface area contributed by atoms with Crippen LogP contribution in [0.4, 0.5) is 0 Å². The zero-order valence-corrected chi connectivity index (χ0v) is 16.4. The summed E-state index contributed by atoms with van der Waals surface area (Å²) in [5, 5.41) is 4.32. The number of benzene rings is 3. The van der Waals surface area contributed by atoms with Gasteiger partial charge in [0.25, 0.3) is 0 Å². The van der Waals surface area contributed by atoms with Crippen molar-refractivity contribution >= 4 is 23.2 Å². The highest BCUT2D eigenvalue weighted by Gasteiger charge is 2.39. The van der Waals surface area contributed by atoms with Crippen LogP contribution in [0.15, 0.2) is 72.8 Å². The molecule has 0 bridgehead atoms. The molecule has 0 aliphatic heterocycles. The summed E-state index contributed by atoms with van der Waals surface area (Å²) in [5.74, 6) is 0. The predicted molar refractivity (Wildman–Crippen MR) is 105 cm³/mol. The van der Waals surface area contributed by atoms with Crippen LogP contribution < -0.4 is 28.3 Å². The molecule has 0 saturated heterocycles. The van der Waals surface area contributed by atoms with E-state index in [4.69, 9.17) is 0 Å². The van der Waals surface area contributed by atoms with Gasteiger partial charge in [0.1, 0.15) is 23.2 Å². The summed E-state index contributed by atoms with van der Waals surface area (Å²) in [6, 6.07) is 27.2. The van der Waals surface area contributed by atoms with Crippen LogP contribution in [-0.2, 0) is 0 Å². The van der Waals surface area contributed by atoms with E-state index in [-0.39, 0.29) is 12.4 Å². The molecule has 0 heterocycles. The molecule has 0 atom stereocenters. The number of hydrogen-bond acceptors (Lipinski definition) is 0. The molecule has 124 valence electrons. The minimum absolute atomic E-state index is 0. The molecule has 0 N–H and O–H groups in total. The van der Waals surface area contributed by atoms with Gasteiger partial charge in [-0.05, 0) is 57.2 Å². The van der Waals surface area contributed by atoms with Crippen molar-refractivity contribution in [3.63, 3.8) is 0 Å². The highest BCUT2D eigenvalue weighted by atomic mass is 35.5. The highest BCUT2D eigenvalue weighted by Crippen LogP contribution is 2.51. The van der Waals surface area contributed by atoms with E-state index < -0.39 is 7.26 Å². The number of hydrogen-bond donors (Lipinski definition) is 0. The van der Waals surface area contributed by atoms with Crippen LogP contribution in [0.5, 0.6) is 0 Å². The monoisotopic (exact) mass is 354 g/mol. The predicted octanol–water partition coefficient (Wildman–Crippen LogP) is 1.54. The average molecular weight is 355 g/mol. The molecular weight excluding hydrogens is 331 g/mol. The molecular formula is C22H24ClP. The van der Waals surface area contributed by atoms with Crippen molar-refractivity contribution in [2.75, 3.05) is 6.66 Å². The van der Waals surface area contributed by atoms with Gasteiger partial charge in [-0.2, -0.15) is 0 Å². The van der Waals surface area contributed by atoms with E-state index in [0.29, 0.717) is 0 Å². The second kappa shape index (κ2) is 7.51. The Bertz CT molecular complexity index is 676. The van der Waals surface area contributed by atoms with Crippen LogP contribution in [0.2, 0.25) is 0 Å². The molecule has 0 saturated carbocycles. The van der Waals surface area contributed by atoms with E-state index in [1.165, 1.54) is 32.6 Å². The molecule has 3 rings (SSSR count). The second-order valence-electron chi connectivity index (χ2n) is 6.51. The lowest BCUT2D eigenvalue weighted by Gasteiger charge is -2.23. The quantitative estimate of drug-likeness (QED) is 0.626. The van der Waals surface area contributed by atoms with E-state index in [2.05, 4.69) is 100 Å². The van der Waals surface area contributed by atoms with Crippen molar-refractivity contribution in [3.8, 4) is 0 Å². The first-order valence-corrected chi connectivity index (χ1v) is 10.3. The fourth-order valence-corrected chi connectivity index (χ4v) is 6.11. The maximum Gasteiger partial charge on any atom is 0.109 e. The Kier molecular flexibility index (Phi) is 5.86. The maximum absolute atomic E-state index is 2.44. The molecule has 0 spiro atoms. The Hall–Kier alpha value is -1.62. The van der Waals surface area contributed by atoms with Gasteiger partial charge in [0.05, 0.1) is 6.66 Å². The summed E-state index contributed by atoms with van der Waals surface area (Å²) in [4.78, 5) is 0. The van der Waals surface area contributed by atoms with Crippen molar-refractivity contribution in [1.29, 1.82) is 0 Å². The first-order valence-electron chi connectivity index (χ1n) is 8.08. The van der Waals surface area contributed by atoms with Gasteiger partial charge in [-0.1, -0.05) is 53.1 Å². The molecule has 0 nitrogen and oxygen atoms in total. The number of rotatable bonds is 3. The first-order chi connectivity index (χ1) is 11.0. The standard InChI is InChI=1S/C22H24P.ClH/c1-17-5-11-20(12-6-17)23(4,21-13-7-18(2)8-14-21)22-15-9-19(3)10-16-22;/h5-16H,1-4H3;1H/q+1;/p-1. The molecule has 0 unspecified atom stereocenters. The summed E-state index contributed by atoms with van der Waals surface area (Å²) in [6.07, 6.45) is 0. The van der Waals surface area contributed by atoms with Crippen molar-refractivity contribution in [1.82, 2.24) is 0 Å². The highest BCUT2D eigenvalue weighted by molar-refractivity contribution is 7.95. The molecule has 3 aromatic carbocycles. The Morgan fingerprint density at radius 1 is 0.458 bits per heavy atom. The van der Waals surface area contributed by atoms with Crippen LogP contribution in [-0.4, -0.2) is 6.66 Å². The second-order valence-corrected chi connectivity index (χ2v) is 10.1. The Morgan fingerprint density at radius 2 is 0.667 bits per heavy atom. The van der Waals surface area contributed by atoms with Crippen molar-refractivity contribution in [2.24, 2.45) is 0 Å². The van der Waals surface area contributed by atoms with Gasteiger partial charge in [-0.3, -0.25) is 0 Å². The van der Waals surface area contributed by atoms with Crippen LogP contribution in [0, 0.1) is 20.8 Å². The Labute approximate surface area is 152 Å². The summed E-state index contributed by atoms with van der Waals surface area (Å²) in [5.41, 5.74) is 3.94. The molecule has 0 aliphatic carbocycles. The van der Waals surface area contributed by atoms with E-state index in [0.717, 1.165) is 0 Å². The molecule has 0 aromatic heterocycles. The smallest absolute Gasteiger partial charge is 0.109 e. The Balaban J connectivity index is 0.00000208. The Morgan fingerprint density at radius 3 is 0.875 bits per heavy atom. The van der Waals surface area contributed by atoms with Crippen molar-refractivity contribution in [2.45, 2.75) is 20.8 Å².